The Hall–Kier alpha value is -5.12. The zero-order chi connectivity index (χ0) is 44.8. The summed E-state index contributed by atoms with van der Waals surface area (Å²) in [5.41, 5.74) is 2.24. The number of aromatic nitrogens is 1. The fraction of sp³-hybridized carbons (Fsp3) is 0.488. The molecule has 2 fully saturated rings. The number of thioether (sulfide) groups is 1. The summed E-state index contributed by atoms with van der Waals surface area (Å²) in [7, 11) is -4.25. The van der Waals surface area contributed by atoms with Crippen molar-refractivity contribution in [1.29, 1.82) is 0 Å². The Bertz CT molecular complexity index is 2110. The van der Waals surface area contributed by atoms with E-state index in [-0.39, 0.29) is 54.5 Å². The van der Waals surface area contributed by atoms with Crippen LogP contribution in [0.3, 0.4) is 0 Å². The number of pyridine rings is 1. The smallest absolute Gasteiger partial charge is 0.405 e. The molecule has 4 N–H and O–H groups in total. The van der Waals surface area contributed by atoms with Crippen LogP contribution < -0.4 is 30.2 Å². The lowest BCUT2D eigenvalue weighted by Gasteiger charge is -2.32. The third kappa shape index (κ3) is 14.5. The molecule has 4 aliphatic heterocycles. The maximum atomic E-state index is 14.2. The molecule has 0 radical (unpaired) electrons. The van der Waals surface area contributed by atoms with Gasteiger partial charge in [-0.15, -0.1) is 11.8 Å². The first kappa shape index (κ1) is 47.4. The van der Waals surface area contributed by atoms with Gasteiger partial charge in [0.05, 0.1) is 54.0 Å². The summed E-state index contributed by atoms with van der Waals surface area (Å²) in [6.45, 7) is 6.41. The van der Waals surface area contributed by atoms with Crippen molar-refractivity contribution in [2.24, 2.45) is 11.8 Å². The van der Waals surface area contributed by atoms with Gasteiger partial charge in [-0.2, -0.15) is 4.31 Å². The molecule has 5 heterocycles. The number of carbonyl (C=O) groups is 3. The lowest BCUT2D eigenvalue weighted by molar-refractivity contribution is -0.157. The van der Waals surface area contributed by atoms with Crippen LogP contribution in [0.5, 0.6) is 17.2 Å². The molecule has 0 saturated carbocycles. The average molecular weight is 914 g/mol. The van der Waals surface area contributed by atoms with Gasteiger partial charge < -0.3 is 54.2 Å². The molecule has 2 amide bonds. The SMILES string of the molecule is C1CC2CCOC2O1.CC(C)CN(CC(OC(=O)COCC(=O)NCc1ccccn1)[C@H](Cc1ccc(OCC2=CSC(C)N2)cc1)NC(=O)O)S(=O)(=O)c1ccc2c(c1)OCO2. The highest BCUT2D eigenvalue weighted by atomic mass is 32.2. The summed E-state index contributed by atoms with van der Waals surface area (Å²) in [6.07, 6.45) is 1.46. The number of amides is 2. The Balaban J connectivity index is 0.000000732. The highest BCUT2D eigenvalue weighted by molar-refractivity contribution is 8.02. The van der Waals surface area contributed by atoms with Crippen molar-refractivity contribution >= 4 is 39.8 Å². The first-order valence-electron chi connectivity index (χ1n) is 20.7. The van der Waals surface area contributed by atoms with Gasteiger partial charge >= 0.3 is 12.1 Å². The van der Waals surface area contributed by atoms with Gasteiger partial charge in [0, 0.05) is 24.7 Å². The number of sulfonamides is 1. The van der Waals surface area contributed by atoms with Crippen LogP contribution in [-0.2, 0) is 51.5 Å². The number of esters is 1. The van der Waals surface area contributed by atoms with E-state index in [9.17, 15) is 27.9 Å². The largest absolute Gasteiger partial charge is 0.487 e. The minimum absolute atomic E-state index is 0.00612. The summed E-state index contributed by atoms with van der Waals surface area (Å²) < 4.78 is 67.8. The molecule has 3 atom stereocenters. The van der Waals surface area contributed by atoms with Crippen LogP contribution >= 0.6 is 11.8 Å². The molecule has 63 heavy (non-hydrogen) atoms. The number of nitrogens with one attached hydrogen (secondary N) is 3. The second-order valence-corrected chi connectivity index (χ2v) is 18.7. The molecule has 20 heteroatoms. The Labute approximate surface area is 371 Å². The number of hydrogen-bond donors (Lipinski definition) is 4. The van der Waals surface area contributed by atoms with Gasteiger partial charge in [-0.3, -0.25) is 9.78 Å². The van der Waals surface area contributed by atoms with E-state index >= 15 is 0 Å². The van der Waals surface area contributed by atoms with Crippen molar-refractivity contribution in [1.82, 2.24) is 25.2 Å². The van der Waals surface area contributed by atoms with E-state index in [1.165, 1.54) is 31.0 Å². The highest BCUT2D eigenvalue weighted by Crippen LogP contribution is 2.35. The highest BCUT2D eigenvalue weighted by Gasteiger charge is 2.36. The normalized spacial score (nSPS) is 19.6. The Morgan fingerprint density at radius 1 is 1.00 bits per heavy atom. The molecule has 1 aromatic heterocycles. The molecular weight excluding hydrogens is 859 g/mol. The van der Waals surface area contributed by atoms with Crippen molar-refractivity contribution in [3.63, 3.8) is 0 Å². The first-order chi connectivity index (χ1) is 30.3. The molecule has 2 unspecified atom stereocenters. The fourth-order valence-corrected chi connectivity index (χ4v) is 9.41. The van der Waals surface area contributed by atoms with E-state index in [1.54, 1.807) is 60.4 Å². The average Bonchev–Trinajstić information content (AvgIpc) is 4.09. The Kier molecular flexibility index (Phi) is 17.3. The number of nitrogens with zero attached hydrogens (tertiary/aromatic N) is 2. The zero-order valence-electron chi connectivity index (χ0n) is 35.4. The van der Waals surface area contributed by atoms with Crippen LogP contribution in [0.2, 0.25) is 0 Å². The van der Waals surface area contributed by atoms with Crippen LogP contribution in [0, 0.1) is 11.8 Å². The van der Waals surface area contributed by atoms with Crippen molar-refractivity contribution in [2.75, 3.05) is 52.9 Å². The van der Waals surface area contributed by atoms with E-state index in [1.807, 2.05) is 26.2 Å². The number of fused-ring (bicyclic) bond motifs is 2. The maximum absolute atomic E-state index is 14.2. The second-order valence-electron chi connectivity index (χ2n) is 15.6. The molecule has 0 spiro atoms. The lowest BCUT2D eigenvalue weighted by atomic mass is 10.0. The van der Waals surface area contributed by atoms with Crippen LogP contribution in [-0.4, -0.2) is 118 Å². The topological polar surface area (TPSA) is 222 Å². The van der Waals surface area contributed by atoms with Crippen LogP contribution in [0.15, 0.2) is 82.9 Å². The zero-order valence-corrected chi connectivity index (χ0v) is 37.1. The predicted molar refractivity (Wildman–Crippen MR) is 230 cm³/mol. The third-order valence-corrected chi connectivity index (χ3v) is 12.9. The second kappa shape index (κ2) is 23.0. The standard InChI is InChI=1S/C37H45N5O11S2.C6H10O2/c1-24(2)17-42(55(47,48)30-11-12-32-33(15-30)52-23-51-32)18-34(53-36(44)21-49-20-35(43)39-16-27-6-4-5-13-38-27)31(41-37(45)46)14-26-7-9-29(10-8-26)50-19-28-22-54-25(3)40-28;1-3-7-6-5(1)2-4-8-6/h4-13,15,22,24-25,31,34,40-41H,14,16-21,23H2,1-3H3,(H,39,43)(H,45,46);5-6H,1-4H2/t25?,31-,34?;/m0./s1. The van der Waals surface area contributed by atoms with E-state index in [4.69, 9.17) is 33.2 Å². The molecule has 2 aromatic carbocycles. The number of benzene rings is 2. The molecule has 4 aliphatic rings. The minimum atomic E-state index is -4.25. The van der Waals surface area contributed by atoms with Crippen LogP contribution in [0.25, 0.3) is 0 Å². The number of carbonyl (C=O) groups excluding carboxylic acids is 2. The van der Waals surface area contributed by atoms with Gasteiger partial charge in [0.15, 0.2) is 17.8 Å². The van der Waals surface area contributed by atoms with Gasteiger partial charge in [0.1, 0.15) is 31.7 Å². The Morgan fingerprint density at radius 2 is 1.76 bits per heavy atom. The quantitative estimate of drug-likeness (QED) is 0.116. The first-order valence-corrected chi connectivity index (χ1v) is 23.1. The van der Waals surface area contributed by atoms with Crippen LogP contribution in [0.4, 0.5) is 4.79 Å². The molecule has 0 aliphatic carbocycles. The number of ether oxygens (including phenoxy) is 7. The van der Waals surface area contributed by atoms with E-state index in [0.29, 0.717) is 29.4 Å². The molecule has 342 valence electrons. The fourth-order valence-electron chi connectivity index (χ4n) is 7.05. The molecule has 7 rings (SSSR count). The molecule has 0 bridgehead atoms. The Morgan fingerprint density at radius 3 is 2.43 bits per heavy atom. The third-order valence-electron chi connectivity index (χ3n) is 10.1. The van der Waals surface area contributed by atoms with E-state index in [0.717, 1.165) is 29.1 Å². The number of carboxylic acid groups (broad SMARTS) is 1. The molecule has 2 saturated heterocycles. The van der Waals surface area contributed by atoms with E-state index < -0.39 is 59.9 Å². The molecule has 3 aromatic rings. The summed E-state index contributed by atoms with van der Waals surface area (Å²) in [5, 5.41) is 20.5. The van der Waals surface area contributed by atoms with Gasteiger partial charge in [0.2, 0.25) is 22.7 Å². The van der Waals surface area contributed by atoms with Gasteiger partial charge in [0.25, 0.3) is 0 Å². The summed E-state index contributed by atoms with van der Waals surface area (Å²) in [6, 6.07) is 15.4. The molecular formula is C43H55N5O13S2. The van der Waals surface area contributed by atoms with Crippen molar-refractivity contribution < 1.29 is 61.1 Å². The maximum Gasteiger partial charge on any atom is 0.405 e. The van der Waals surface area contributed by atoms with Gasteiger partial charge in [-0.05, 0) is 79.5 Å². The van der Waals surface area contributed by atoms with Gasteiger partial charge in [-0.1, -0.05) is 32.0 Å². The van der Waals surface area contributed by atoms with E-state index in [2.05, 4.69) is 20.9 Å². The number of hydrogen-bond acceptors (Lipinski definition) is 15. The van der Waals surface area contributed by atoms with Crippen molar-refractivity contribution in [3.05, 3.63) is 89.2 Å². The summed E-state index contributed by atoms with van der Waals surface area (Å²) in [5.74, 6) is 0.359. The lowest BCUT2D eigenvalue weighted by Crippen LogP contribution is -2.52. The summed E-state index contributed by atoms with van der Waals surface area (Å²) >= 11 is 1.66. The minimum Gasteiger partial charge on any atom is -0.487 e. The van der Waals surface area contributed by atoms with Crippen molar-refractivity contribution in [3.8, 4) is 17.2 Å². The molecule has 18 nitrogen and oxygen atoms in total. The number of rotatable bonds is 20. The van der Waals surface area contributed by atoms with Crippen molar-refractivity contribution in [2.45, 2.75) is 75.3 Å². The monoisotopic (exact) mass is 913 g/mol. The van der Waals surface area contributed by atoms with Crippen LogP contribution in [0.1, 0.15) is 44.9 Å². The van der Waals surface area contributed by atoms with Gasteiger partial charge in [-0.25, -0.2) is 18.0 Å². The predicted octanol–water partition coefficient (Wildman–Crippen LogP) is 4.25. The summed E-state index contributed by atoms with van der Waals surface area (Å²) in [4.78, 5) is 41.8.